The third kappa shape index (κ3) is 8.91. The Bertz CT molecular complexity index is 1520. The number of nitrogens with zero attached hydrogens (tertiary/aromatic N) is 4. The molecule has 6 rings (SSSR count). The number of nitrogens with one attached hydrogen (secondary N) is 2. The van der Waals surface area contributed by atoms with Gasteiger partial charge in [-0.15, -0.1) is 23.1 Å². The van der Waals surface area contributed by atoms with Crippen molar-refractivity contribution in [2.24, 2.45) is 0 Å². The van der Waals surface area contributed by atoms with Gasteiger partial charge in [0.1, 0.15) is 5.56 Å². The minimum atomic E-state index is -4.59. The Labute approximate surface area is 275 Å². The van der Waals surface area contributed by atoms with Crippen molar-refractivity contribution in [2.75, 3.05) is 55.8 Å². The van der Waals surface area contributed by atoms with Crippen molar-refractivity contribution in [3.8, 4) is 10.6 Å². The first-order valence-corrected chi connectivity index (χ1v) is 17.2. The predicted octanol–water partition coefficient (Wildman–Crippen LogP) is 6.46. The maximum atomic E-state index is 14.1. The van der Waals surface area contributed by atoms with Gasteiger partial charge in [0, 0.05) is 78.8 Å². The summed E-state index contributed by atoms with van der Waals surface area (Å²) >= 11 is 2.86. The largest absolute Gasteiger partial charge is 0.469 e. The third-order valence-corrected chi connectivity index (χ3v) is 10.3. The summed E-state index contributed by atoms with van der Waals surface area (Å²) in [6.45, 7) is 7.67. The Hall–Kier alpha value is -3.36. The molecule has 0 bridgehead atoms. The molecule has 46 heavy (non-hydrogen) atoms. The zero-order valence-corrected chi connectivity index (χ0v) is 27.8. The number of benzene rings is 1. The number of thiophene rings is 1. The molecule has 3 heterocycles. The number of aryl methyl sites for hydroxylation is 1. The second-order valence-electron chi connectivity index (χ2n) is 11.5. The number of alkyl halides is 3. The van der Waals surface area contributed by atoms with E-state index in [-0.39, 0.29) is 17.6 Å². The van der Waals surface area contributed by atoms with E-state index in [1.165, 1.54) is 31.1 Å². The lowest BCUT2D eigenvalue weighted by Crippen LogP contribution is -2.43. The fourth-order valence-corrected chi connectivity index (χ4v) is 7.41. The van der Waals surface area contributed by atoms with Crippen LogP contribution in [0.1, 0.15) is 54.5 Å². The number of rotatable bonds is 11. The van der Waals surface area contributed by atoms with E-state index in [2.05, 4.69) is 42.4 Å². The van der Waals surface area contributed by atoms with Crippen LogP contribution in [0.3, 0.4) is 0 Å². The Kier molecular flexibility index (Phi) is 11.1. The third-order valence-electron chi connectivity index (χ3n) is 8.03. The predicted molar refractivity (Wildman–Crippen MR) is 176 cm³/mol. The second-order valence-corrected chi connectivity index (χ2v) is 13.9. The fourth-order valence-electron chi connectivity index (χ4n) is 5.19. The van der Waals surface area contributed by atoms with Gasteiger partial charge in [0.25, 0.3) is 0 Å². The molecule has 0 spiro atoms. The number of methoxy groups -OCH3 is 1. The molecule has 0 radical (unpaired) electrons. The molecule has 2 aliphatic carbocycles. The Morgan fingerprint density at radius 3 is 2.54 bits per heavy atom. The maximum absolute atomic E-state index is 14.1. The van der Waals surface area contributed by atoms with Gasteiger partial charge in [-0.1, -0.05) is 0 Å². The molecule has 1 aromatic carbocycles. The lowest BCUT2D eigenvalue weighted by molar-refractivity contribution is -0.138. The number of aromatic nitrogens is 2. The Balaban J connectivity index is 0.000000775. The van der Waals surface area contributed by atoms with E-state index in [9.17, 15) is 22.8 Å². The standard InChI is InChI=1S/C29H33F3N6OS2.C3H6O2/c1-18-25(40-13-12-38(17-39)20-4-5-20)15-26(41-18)27-23(29(30,31)32)16-34-28(36-27)35-24-7-6-21(14-22(24)19-2-3-19)37-10-8-33-9-11-37;1-3(4)5-2/h6-7,14-17,19-20,33H,2-5,8-13H2,1H3,(H,34,35,36);1-2H3. The summed E-state index contributed by atoms with van der Waals surface area (Å²) in [5.41, 5.74) is 2.20. The van der Waals surface area contributed by atoms with Crippen molar-refractivity contribution < 1.29 is 27.5 Å². The van der Waals surface area contributed by atoms with E-state index in [4.69, 9.17) is 0 Å². The molecule has 248 valence electrons. The van der Waals surface area contributed by atoms with E-state index < -0.39 is 11.7 Å². The van der Waals surface area contributed by atoms with E-state index in [1.807, 2.05) is 17.9 Å². The molecule has 1 aliphatic heterocycles. The van der Waals surface area contributed by atoms with Gasteiger partial charge in [-0.25, -0.2) is 9.97 Å². The molecule has 3 aliphatic rings. The number of carbonyl (C=O) groups excluding carboxylic acids is 2. The SMILES string of the molecule is COC(C)=O.Cc1sc(-c2nc(Nc3ccc(N4CCNCC4)cc3C3CC3)ncc2C(F)(F)F)cc1SCCN(C=O)C1CC1. The van der Waals surface area contributed by atoms with E-state index >= 15 is 0 Å². The van der Waals surface area contributed by atoms with Gasteiger partial charge in [-0.2, -0.15) is 13.2 Å². The molecule has 14 heteroatoms. The minimum Gasteiger partial charge on any atom is -0.469 e. The highest BCUT2D eigenvalue weighted by Crippen LogP contribution is 2.46. The highest BCUT2D eigenvalue weighted by atomic mass is 32.2. The average Bonchev–Trinajstić information content (AvgIpc) is 3.98. The van der Waals surface area contributed by atoms with Crippen molar-refractivity contribution >= 4 is 52.8 Å². The summed E-state index contributed by atoms with van der Waals surface area (Å²) in [6.07, 6.45) is 1.46. The van der Waals surface area contributed by atoms with Crippen LogP contribution >= 0.6 is 23.1 Å². The first kappa shape index (κ1) is 34.0. The fraction of sp³-hybridized carbons (Fsp3) is 0.500. The number of ether oxygens (including phenoxy) is 1. The van der Waals surface area contributed by atoms with Crippen LogP contribution in [0.15, 0.2) is 35.4 Å². The van der Waals surface area contributed by atoms with Crippen LogP contribution < -0.4 is 15.5 Å². The molecule has 3 aromatic rings. The van der Waals surface area contributed by atoms with Crippen LogP contribution in [0.4, 0.5) is 30.5 Å². The maximum Gasteiger partial charge on any atom is 0.420 e. The average molecular weight is 677 g/mol. The van der Waals surface area contributed by atoms with Crippen LogP contribution in [0.25, 0.3) is 10.6 Å². The summed E-state index contributed by atoms with van der Waals surface area (Å²) in [5.74, 6) is 1.02. The van der Waals surface area contributed by atoms with Gasteiger partial charge in [-0.05, 0) is 68.4 Å². The van der Waals surface area contributed by atoms with Crippen molar-refractivity contribution in [1.29, 1.82) is 0 Å². The van der Waals surface area contributed by atoms with Crippen LogP contribution in [0, 0.1) is 6.92 Å². The lowest BCUT2D eigenvalue weighted by atomic mass is 10.1. The van der Waals surface area contributed by atoms with E-state index in [0.29, 0.717) is 29.1 Å². The summed E-state index contributed by atoms with van der Waals surface area (Å²) < 4.78 is 46.3. The number of piperazine rings is 1. The number of carbonyl (C=O) groups is 2. The van der Waals surface area contributed by atoms with Crippen LogP contribution in [-0.4, -0.2) is 78.9 Å². The highest BCUT2D eigenvalue weighted by molar-refractivity contribution is 7.99. The molecule has 1 saturated heterocycles. The molecule has 1 amide bonds. The minimum absolute atomic E-state index is 0.118. The van der Waals surface area contributed by atoms with Crippen LogP contribution in [0.5, 0.6) is 0 Å². The number of hydrogen-bond acceptors (Lipinski definition) is 10. The molecule has 0 unspecified atom stereocenters. The van der Waals surface area contributed by atoms with Crippen molar-refractivity contribution in [1.82, 2.24) is 20.2 Å². The van der Waals surface area contributed by atoms with Gasteiger partial charge < -0.3 is 25.2 Å². The van der Waals surface area contributed by atoms with Crippen molar-refractivity contribution in [3.63, 3.8) is 0 Å². The monoisotopic (exact) mass is 676 g/mol. The first-order chi connectivity index (χ1) is 22.1. The van der Waals surface area contributed by atoms with Gasteiger partial charge in [0.15, 0.2) is 0 Å². The molecule has 0 atom stereocenters. The summed E-state index contributed by atoms with van der Waals surface area (Å²) in [7, 11) is 1.35. The number of hydrogen-bond donors (Lipinski definition) is 2. The topological polar surface area (TPSA) is 99.7 Å². The quantitative estimate of drug-likeness (QED) is 0.135. The molecule has 9 nitrogen and oxygen atoms in total. The normalized spacial score (nSPS) is 16.3. The van der Waals surface area contributed by atoms with E-state index in [0.717, 1.165) is 85.5 Å². The molecule has 2 saturated carbocycles. The first-order valence-electron chi connectivity index (χ1n) is 15.4. The number of thioether (sulfide) groups is 1. The molecular weight excluding hydrogens is 638 g/mol. The van der Waals surface area contributed by atoms with Gasteiger partial charge in [0.05, 0.1) is 17.7 Å². The van der Waals surface area contributed by atoms with Crippen LogP contribution in [-0.2, 0) is 20.5 Å². The smallest absolute Gasteiger partial charge is 0.420 e. The summed E-state index contributed by atoms with van der Waals surface area (Å²) in [5, 5.41) is 6.62. The number of esters is 1. The van der Waals surface area contributed by atoms with Gasteiger partial charge >= 0.3 is 12.1 Å². The van der Waals surface area contributed by atoms with Crippen molar-refractivity contribution in [2.45, 2.75) is 62.6 Å². The zero-order valence-electron chi connectivity index (χ0n) is 26.2. The molecular formula is C32H39F3N6O3S2. The number of anilines is 3. The second kappa shape index (κ2) is 15.0. The zero-order chi connectivity index (χ0) is 32.8. The molecule has 3 fully saturated rings. The number of amides is 1. The molecule has 2 N–H and O–H groups in total. The van der Waals surface area contributed by atoms with Crippen LogP contribution in [0.2, 0.25) is 0 Å². The van der Waals surface area contributed by atoms with E-state index in [1.54, 1.807) is 17.8 Å². The van der Waals surface area contributed by atoms with Crippen molar-refractivity contribution in [3.05, 3.63) is 46.5 Å². The van der Waals surface area contributed by atoms with Gasteiger partial charge in [-0.3, -0.25) is 9.59 Å². The lowest BCUT2D eigenvalue weighted by Gasteiger charge is -2.30. The number of halogens is 3. The summed E-state index contributed by atoms with van der Waals surface area (Å²) in [4.78, 5) is 35.9. The summed E-state index contributed by atoms with van der Waals surface area (Å²) in [6, 6.07) is 8.39. The Morgan fingerprint density at radius 2 is 1.93 bits per heavy atom. The Morgan fingerprint density at radius 1 is 1.22 bits per heavy atom. The molecule has 2 aromatic heterocycles. The highest BCUT2D eigenvalue weighted by Gasteiger charge is 2.36. The van der Waals surface area contributed by atoms with Gasteiger partial charge in [0.2, 0.25) is 12.4 Å².